The van der Waals surface area contributed by atoms with Crippen molar-refractivity contribution in [1.82, 2.24) is 20.5 Å². The highest BCUT2D eigenvalue weighted by atomic mass is 32.1. The fourth-order valence-corrected chi connectivity index (χ4v) is 5.42. The molecule has 0 radical (unpaired) electrons. The average Bonchev–Trinajstić information content (AvgIpc) is 3.25. The molecule has 0 bridgehead atoms. The fourth-order valence-electron chi connectivity index (χ4n) is 4.52. The smallest absolute Gasteiger partial charge is 0.251 e. The number of aryl methyl sites for hydroxylation is 2. The average molecular weight is 444 g/mol. The van der Waals surface area contributed by atoms with Gasteiger partial charge < -0.3 is 10.2 Å². The van der Waals surface area contributed by atoms with Crippen LogP contribution in [0, 0.1) is 13.8 Å². The lowest BCUT2D eigenvalue weighted by Gasteiger charge is -2.39. The number of amides is 1. The van der Waals surface area contributed by atoms with Crippen LogP contribution in [-0.2, 0) is 0 Å². The molecule has 5 rings (SSSR count). The summed E-state index contributed by atoms with van der Waals surface area (Å²) in [6, 6.07) is 17.7. The molecular formula is C25H25N5OS. The van der Waals surface area contributed by atoms with Crippen molar-refractivity contribution >= 4 is 33.8 Å². The monoisotopic (exact) mass is 443 g/mol. The minimum Gasteiger partial charge on any atom is -0.354 e. The van der Waals surface area contributed by atoms with E-state index < -0.39 is 0 Å². The third-order valence-corrected chi connectivity index (χ3v) is 7.07. The number of pyridine rings is 1. The molecule has 1 fully saturated rings. The van der Waals surface area contributed by atoms with Gasteiger partial charge in [0.25, 0.3) is 5.91 Å². The van der Waals surface area contributed by atoms with Crippen molar-refractivity contribution in [3.05, 3.63) is 81.9 Å². The normalized spacial score (nSPS) is 18.6. The first kappa shape index (κ1) is 20.6. The number of nitrogens with one attached hydrogen (secondary N) is 1. The zero-order valence-corrected chi connectivity index (χ0v) is 19.0. The highest BCUT2D eigenvalue weighted by Crippen LogP contribution is 2.35. The van der Waals surface area contributed by atoms with E-state index in [0.717, 1.165) is 28.8 Å². The van der Waals surface area contributed by atoms with E-state index >= 15 is 0 Å². The molecule has 2 atom stereocenters. The maximum Gasteiger partial charge on any atom is 0.251 e. The number of hydrogen-bond acceptors (Lipinski definition) is 6. The number of piperidine rings is 1. The molecule has 0 spiro atoms. The Morgan fingerprint density at radius 3 is 2.69 bits per heavy atom. The number of aromatic nitrogens is 3. The summed E-state index contributed by atoms with van der Waals surface area (Å²) < 4.78 is 0. The number of carbonyl (C=O) groups excluding carboxylic acids is 1. The van der Waals surface area contributed by atoms with Gasteiger partial charge in [0, 0.05) is 36.2 Å². The van der Waals surface area contributed by atoms with Gasteiger partial charge in [-0.15, -0.1) is 21.5 Å². The number of anilines is 1. The predicted molar refractivity (Wildman–Crippen MR) is 128 cm³/mol. The number of fused-ring (bicyclic) bond motifs is 1. The van der Waals surface area contributed by atoms with Gasteiger partial charge in [-0.25, -0.2) is 4.98 Å². The van der Waals surface area contributed by atoms with Crippen molar-refractivity contribution in [1.29, 1.82) is 0 Å². The van der Waals surface area contributed by atoms with Crippen molar-refractivity contribution in [2.45, 2.75) is 32.2 Å². The molecule has 0 unspecified atom stereocenters. The molecule has 1 saturated heterocycles. The van der Waals surface area contributed by atoms with Crippen LogP contribution in [-0.4, -0.2) is 40.2 Å². The van der Waals surface area contributed by atoms with Gasteiger partial charge in [-0.1, -0.05) is 36.4 Å². The molecule has 1 aliphatic rings. The van der Waals surface area contributed by atoms with Crippen LogP contribution >= 0.6 is 11.3 Å². The molecule has 3 heterocycles. The molecule has 2 aromatic heterocycles. The summed E-state index contributed by atoms with van der Waals surface area (Å²) >= 11 is 1.62. The van der Waals surface area contributed by atoms with Gasteiger partial charge in [-0.2, -0.15) is 0 Å². The maximum absolute atomic E-state index is 13.0. The van der Waals surface area contributed by atoms with Crippen LogP contribution < -0.4 is 10.2 Å². The van der Waals surface area contributed by atoms with Crippen LogP contribution in [0.3, 0.4) is 0 Å². The van der Waals surface area contributed by atoms with E-state index in [0.29, 0.717) is 12.1 Å². The Labute approximate surface area is 191 Å². The number of benzene rings is 2. The number of hydrogen-bond donors (Lipinski definition) is 1. The lowest BCUT2D eigenvalue weighted by atomic mass is 9.91. The number of rotatable bonds is 4. The quantitative estimate of drug-likeness (QED) is 0.503. The van der Waals surface area contributed by atoms with E-state index in [4.69, 9.17) is 4.98 Å². The third-order valence-electron chi connectivity index (χ3n) is 6.10. The van der Waals surface area contributed by atoms with Crippen molar-refractivity contribution in [3.8, 4) is 0 Å². The van der Waals surface area contributed by atoms with Crippen molar-refractivity contribution < 1.29 is 4.79 Å². The Balaban J connectivity index is 1.48. The molecule has 2 aromatic carbocycles. The molecule has 1 amide bonds. The van der Waals surface area contributed by atoms with Crippen LogP contribution in [0.4, 0.5) is 5.82 Å². The molecule has 0 saturated carbocycles. The first-order valence-corrected chi connectivity index (χ1v) is 11.7. The molecule has 162 valence electrons. The summed E-state index contributed by atoms with van der Waals surface area (Å²) in [5.41, 5.74) is 1.87. The Morgan fingerprint density at radius 1 is 1.06 bits per heavy atom. The van der Waals surface area contributed by atoms with Gasteiger partial charge in [0.2, 0.25) is 0 Å². The molecular weight excluding hydrogens is 418 g/mol. The Kier molecular flexibility index (Phi) is 5.57. The fraction of sp³-hybridized carbons (Fsp3) is 0.280. The predicted octanol–water partition coefficient (Wildman–Crippen LogP) is 4.50. The van der Waals surface area contributed by atoms with Gasteiger partial charge in [0.15, 0.2) is 0 Å². The Hall–Kier alpha value is -3.32. The zero-order chi connectivity index (χ0) is 22.1. The largest absolute Gasteiger partial charge is 0.354 e. The van der Waals surface area contributed by atoms with E-state index in [1.54, 1.807) is 11.3 Å². The summed E-state index contributed by atoms with van der Waals surface area (Å²) in [5.74, 6) is 1.04. The summed E-state index contributed by atoms with van der Waals surface area (Å²) in [5, 5.41) is 16.2. The topological polar surface area (TPSA) is 71.0 Å². The maximum atomic E-state index is 13.0. The Morgan fingerprint density at radius 2 is 1.91 bits per heavy atom. The van der Waals surface area contributed by atoms with Crippen LogP contribution in [0.1, 0.15) is 38.3 Å². The highest BCUT2D eigenvalue weighted by Gasteiger charge is 2.35. The summed E-state index contributed by atoms with van der Waals surface area (Å²) in [4.78, 5) is 20.1. The summed E-state index contributed by atoms with van der Waals surface area (Å²) in [6.45, 7) is 5.61. The molecule has 4 aromatic rings. The van der Waals surface area contributed by atoms with Crippen LogP contribution in [0.5, 0.6) is 0 Å². The second-order valence-corrected chi connectivity index (χ2v) is 9.47. The van der Waals surface area contributed by atoms with E-state index in [1.807, 2.05) is 43.5 Å². The SMILES string of the molecule is Cc1nnc([C@@H]2CCN(c3nccc4cccc(C)c34)C[C@@H]2NC(=O)c2ccccc2)s1. The standard InChI is InChI=1S/C25H25N5OS/c1-16-7-6-10-18-11-13-26-23(22(16)18)30-14-12-20(25-29-28-17(2)32-25)21(15-30)27-24(31)19-8-4-3-5-9-19/h3-11,13,20-21H,12,14-15H2,1-2H3,(H,27,31)/t20-,21+/m1/s1. The van der Waals surface area contributed by atoms with Gasteiger partial charge >= 0.3 is 0 Å². The van der Waals surface area contributed by atoms with E-state index in [1.165, 1.54) is 16.3 Å². The van der Waals surface area contributed by atoms with Crippen LogP contribution in [0.2, 0.25) is 0 Å². The molecule has 0 aliphatic carbocycles. The first-order valence-electron chi connectivity index (χ1n) is 10.9. The van der Waals surface area contributed by atoms with Gasteiger partial charge in [0.05, 0.1) is 6.04 Å². The summed E-state index contributed by atoms with van der Waals surface area (Å²) in [6.07, 6.45) is 2.74. The molecule has 6 nitrogen and oxygen atoms in total. The molecule has 7 heteroatoms. The highest BCUT2D eigenvalue weighted by molar-refractivity contribution is 7.11. The minimum atomic E-state index is -0.0927. The van der Waals surface area contributed by atoms with Gasteiger partial charge in [-0.05, 0) is 49.4 Å². The van der Waals surface area contributed by atoms with E-state index in [-0.39, 0.29) is 17.9 Å². The lowest BCUT2D eigenvalue weighted by molar-refractivity contribution is 0.0927. The summed E-state index contributed by atoms with van der Waals surface area (Å²) in [7, 11) is 0. The van der Waals surface area contributed by atoms with Crippen LogP contribution in [0.25, 0.3) is 10.8 Å². The van der Waals surface area contributed by atoms with E-state index in [2.05, 4.69) is 51.6 Å². The molecule has 1 aliphatic heterocycles. The lowest BCUT2D eigenvalue weighted by Crippen LogP contribution is -2.52. The molecule has 32 heavy (non-hydrogen) atoms. The van der Waals surface area contributed by atoms with Gasteiger partial charge in [0.1, 0.15) is 15.8 Å². The molecule has 1 N–H and O–H groups in total. The van der Waals surface area contributed by atoms with Crippen molar-refractivity contribution in [3.63, 3.8) is 0 Å². The zero-order valence-electron chi connectivity index (χ0n) is 18.2. The number of nitrogens with zero attached hydrogens (tertiary/aromatic N) is 4. The second kappa shape index (κ2) is 8.67. The van der Waals surface area contributed by atoms with Gasteiger partial charge in [-0.3, -0.25) is 4.79 Å². The van der Waals surface area contributed by atoms with Crippen molar-refractivity contribution in [2.24, 2.45) is 0 Å². The van der Waals surface area contributed by atoms with Crippen molar-refractivity contribution in [2.75, 3.05) is 18.0 Å². The number of carbonyl (C=O) groups is 1. The first-order chi connectivity index (χ1) is 15.6. The van der Waals surface area contributed by atoms with Crippen LogP contribution in [0.15, 0.2) is 60.8 Å². The third kappa shape index (κ3) is 3.96. The minimum absolute atomic E-state index is 0.0641. The second-order valence-electron chi connectivity index (χ2n) is 8.25. The Bertz CT molecular complexity index is 1250. The van der Waals surface area contributed by atoms with E-state index in [9.17, 15) is 4.79 Å².